The van der Waals surface area contributed by atoms with Crippen molar-refractivity contribution in [2.24, 2.45) is 17.8 Å². The molecule has 86 valence electrons. The summed E-state index contributed by atoms with van der Waals surface area (Å²) in [6.45, 7) is 6.63. The molecule has 1 saturated heterocycles. The van der Waals surface area contributed by atoms with Crippen LogP contribution in [-0.2, 0) is 4.57 Å². The van der Waals surface area contributed by atoms with E-state index in [1.54, 1.807) is 0 Å². The third kappa shape index (κ3) is 1.19. The summed E-state index contributed by atoms with van der Waals surface area (Å²) < 4.78 is 13.2. The van der Waals surface area contributed by atoms with E-state index < -0.39 is 7.14 Å². The minimum Gasteiger partial charge on any atom is -0.323 e. The molecule has 0 radical (unpaired) electrons. The lowest BCUT2D eigenvalue weighted by atomic mass is 9.87. The van der Waals surface area contributed by atoms with Gasteiger partial charge >= 0.3 is 0 Å². The van der Waals surface area contributed by atoms with Gasteiger partial charge in [-0.1, -0.05) is 20.8 Å². The van der Waals surface area contributed by atoms with Gasteiger partial charge in [-0.05, 0) is 43.4 Å². The molecule has 1 nitrogen and oxygen atoms in total. The number of fused-ring (bicyclic) bond motifs is 5. The molecular formula is C13H23OP. The SMILES string of the molecule is CC(C)(C)P1(=O)CCC2C3CCC(C3)C21. The average Bonchev–Trinajstić information content (AvgIpc) is 2.74. The van der Waals surface area contributed by atoms with Gasteiger partial charge in [0.15, 0.2) is 0 Å². The van der Waals surface area contributed by atoms with E-state index in [1.807, 2.05) is 0 Å². The summed E-state index contributed by atoms with van der Waals surface area (Å²) in [7, 11) is -1.90. The van der Waals surface area contributed by atoms with Gasteiger partial charge in [-0.2, -0.15) is 0 Å². The fourth-order valence-electron chi connectivity index (χ4n) is 4.71. The van der Waals surface area contributed by atoms with E-state index in [0.717, 1.165) is 23.9 Å². The van der Waals surface area contributed by atoms with Crippen molar-refractivity contribution in [3.05, 3.63) is 0 Å². The first-order valence-corrected chi connectivity index (χ1v) is 8.48. The summed E-state index contributed by atoms with van der Waals surface area (Å²) in [5.41, 5.74) is 0.635. The van der Waals surface area contributed by atoms with Crippen LogP contribution in [0.15, 0.2) is 0 Å². The van der Waals surface area contributed by atoms with Gasteiger partial charge in [-0.3, -0.25) is 0 Å². The monoisotopic (exact) mass is 226 g/mol. The lowest BCUT2D eigenvalue weighted by molar-refractivity contribution is 0.343. The van der Waals surface area contributed by atoms with E-state index in [-0.39, 0.29) is 5.16 Å². The number of hydrogen-bond donors (Lipinski definition) is 0. The Bertz CT molecular complexity index is 328. The summed E-state index contributed by atoms with van der Waals surface area (Å²) in [4.78, 5) is 0. The van der Waals surface area contributed by atoms with Crippen LogP contribution in [0.25, 0.3) is 0 Å². The highest BCUT2D eigenvalue weighted by atomic mass is 31.2. The molecule has 0 amide bonds. The van der Waals surface area contributed by atoms with Crippen molar-refractivity contribution in [2.75, 3.05) is 6.16 Å². The zero-order valence-electron chi connectivity index (χ0n) is 10.2. The Balaban J connectivity index is 1.99. The Morgan fingerprint density at radius 2 is 1.73 bits per heavy atom. The van der Waals surface area contributed by atoms with Crippen LogP contribution in [0.2, 0.25) is 0 Å². The molecule has 5 unspecified atom stereocenters. The molecule has 0 spiro atoms. The maximum Gasteiger partial charge on any atom is 0.0962 e. The molecule has 3 rings (SSSR count). The fraction of sp³-hybridized carbons (Fsp3) is 1.00. The predicted octanol–water partition coefficient (Wildman–Crippen LogP) is 3.97. The van der Waals surface area contributed by atoms with Gasteiger partial charge in [0.1, 0.15) is 0 Å². The van der Waals surface area contributed by atoms with Crippen LogP contribution in [0.4, 0.5) is 0 Å². The molecule has 3 aliphatic rings. The molecule has 2 bridgehead atoms. The van der Waals surface area contributed by atoms with Crippen molar-refractivity contribution < 1.29 is 4.57 Å². The van der Waals surface area contributed by atoms with E-state index in [9.17, 15) is 4.57 Å². The van der Waals surface area contributed by atoms with Crippen LogP contribution in [-0.4, -0.2) is 17.0 Å². The first-order chi connectivity index (χ1) is 6.93. The van der Waals surface area contributed by atoms with Crippen molar-refractivity contribution in [3.8, 4) is 0 Å². The largest absolute Gasteiger partial charge is 0.323 e. The molecule has 3 fully saturated rings. The van der Waals surface area contributed by atoms with Crippen molar-refractivity contribution in [1.29, 1.82) is 0 Å². The molecule has 1 aliphatic heterocycles. The topological polar surface area (TPSA) is 17.1 Å². The van der Waals surface area contributed by atoms with Crippen molar-refractivity contribution in [3.63, 3.8) is 0 Å². The van der Waals surface area contributed by atoms with Crippen LogP contribution in [0.3, 0.4) is 0 Å². The quantitative estimate of drug-likeness (QED) is 0.571. The second-order valence-electron chi connectivity index (χ2n) is 6.97. The molecule has 2 heteroatoms. The van der Waals surface area contributed by atoms with Crippen LogP contribution in [0.1, 0.15) is 46.5 Å². The average molecular weight is 226 g/mol. The Hall–Kier alpha value is 0.230. The zero-order chi connectivity index (χ0) is 10.8. The van der Waals surface area contributed by atoms with Gasteiger partial charge in [-0.15, -0.1) is 0 Å². The van der Waals surface area contributed by atoms with Gasteiger partial charge in [0.05, 0.1) is 7.14 Å². The summed E-state index contributed by atoms with van der Waals surface area (Å²) in [6.07, 6.45) is 6.57. The molecule has 0 aromatic heterocycles. The highest BCUT2D eigenvalue weighted by Gasteiger charge is 2.61. The second-order valence-corrected chi connectivity index (χ2v) is 10.9. The number of rotatable bonds is 0. The molecule has 0 N–H and O–H groups in total. The van der Waals surface area contributed by atoms with E-state index in [4.69, 9.17) is 0 Å². The van der Waals surface area contributed by atoms with Gasteiger partial charge in [0.25, 0.3) is 0 Å². The normalized spacial score (nSPS) is 53.5. The summed E-state index contributed by atoms with van der Waals surface area (Å²) in [6, 6.07) is 0. The molecule has 15 heavy (non-hydrogen) atoms. The van der Waals surface area contributed by atoms with Crippen LogP contribution >= 0.6 is 7.14 Å². The van der Waals surface area contributed by atoms with E-state index in [0.29, 0.717) is 5.66 Å². The number of hydrogen-bond acceptors (Lipinski definition) is 1. The lowest BCUT2D eigenvalue weighted by Gasteiger charge is -2.37. The highest BCUT2D eigenvalue weighted by molar-refractivity contribution is 7.66. The lowest BCUT2D eigenvalue weighted by Crippen LogP contribution is -2.29. The highest BCUT2D eigenvalue weighted by Crippen LogP contribution is 2.76. The molecule has 2 saturated carbocycles. The van der Waals surface area contributed by atoms with Gasteiger partial charge < -0.3 is 4.57 Å². The molecule has 5 atom stereocenters. The van der Waals surface area contributed by atoms with E-state index in [2.05, 4.69) is 20.8 Å². The third-order valence-corrected chi connectivity index (χ3v) is 10.4. The zero-order valence-corrected chi connectivity index (χ0v) is 11.1. The van der Waals surface area contributed by atoms with Gasteiger partial charge in [0, 0.05) is 17.0 Å². The van der Waals surface area contributed by atoms with Crippen molar-refractivity contribution >= 4 is 7.14 Å². The summed E-state index contributed by atoms with van der Waals surface area (Å²) in [5.74, 6) is 2.65. The molecule has 1 heterocycles. The van der Waals surface area contributed by atoms with E-state index in [1.165, 1.54) is 25.7 Å². The Morgan fingerprint density at radius 1 is 1.07 bits per heavy atom. The maximum absolute atomic E-state index is 13.2. The third-order valence-electron chi connectivity index (χ3n) is 5.45. The minimum absolute atomic E-state index is 0.0664. The fourth-order valence-corrected chi connectivity index (χ4v) is 9.22. The summed E-state index contributed by atoms with van der Waals surface area (Å²) >= 11 is 0. The maximum atomic E-state index is 13.2. The standard InChI is InChI=1S/C13H23OP/c1-13(2,3)15(14)7-6-11-9-4-5-10(8-9)12(11)15/h9-12H,4-8H2,1-3H3. The minimum atomic E-state index is -1.90. The molecule has 0 aromatic rings. The molecular weight excluding hydrogens is 203 g/mol. The Kier molecular flexibility index (Phi) is 2.02. The van der Waals surface area contributed by atoms with Crippen LogP contribution < -0.4 is 0 Å². The smallest absolute Gasteiger partial charge is 0.0962 e. The van der Waals surface area contributed by atoms with Crippen LogP contribution in [0.5, 0.6) is 0 Å². The Morgan fingerprint density at radius 3 is 2.40 bits per heavy atom. The van der Waals surface area contributed by atoms with Crippen LogP contribution in [0, 0.1) is 17.8 Å². The second kappa shape index (κ2) is 2.92. The summed E-state index contributed by atoms with van der Waals surface area (Å²) in [5, 5.41) is 0.0664. The first kappa shape index (κ1) is 10.4. The van der Waals surface area contributed by atoms with Gasteiger partial charge in [0.2, 0.25) is 0 Å². The van der Waals surface area contributed by atoms with Crippen molar-refractivity contribution in [2.45, 2.75) is 57.3 Å². The predicted molar refractivity (Wildman–Crippen MR) is 65.0 cm³/mol. The Labute approximate surface area is 93.4 Å². The molecule has 2 aliphatic carbocycles. The van der Waals surface area contributed by atoms with Crippen molar-refractivity contribution in [1.82, 2.24) is 0 Å². The van der Waals surface area contributed by atoms with E-state index >= 15 is 0 Å². The first-order valence-electron chi connectivity index (χ1n) is 6.52. The van der Waals surface area contributed by atoms with Gasteiger partial charge in [-0.25, -0.2) is 0 Å². The molecule has 0 aromatic carbocycles.